The van der Waals surface area contributed by atoms with Gasteiger partial charge in [0.1, 0.15) is 15.7 Å². The number of hydrogen-bond acceptors (Lipinski definition) is 5. The number of hydrogen-bond donors (Lipinski definition) is 0. The van der Waals surface area contributed by atoms with Gasteiger partial charge in [-0.1, -0.05) is 24.3 Å². The molecule has 5 heteroatoms. The Labute approximate surface area is 146 Å². The van der Waals surface area contributed by atoms with Crippen molar-refractivity contribution in [2.24, 2.45) is 0 Å². The fourth-order valence-electron chi connectivity index (χ4n) is 2.71. The average molecular weight is 345 g/mol. The van der Waals surface area contributed by atoms with Crippen LogP contribution < -0.4 is 0 Å². The van der Waals surface area contributed by atoms with Crippen molar-refractivity contribution in [3.8, 4) is 21.3 Å². The number of fused-ring (bicyclic) bond motifs is 2. The van der Waals surface area contributed by atoms with Gasteiger partial charge in [-0.3, -0.25) is 4.98 Å². The van der Waals surface area contributed by atoms with Crippen molar-refractivity contribution in [2.75, 3.05) is 0 Å². The van der Waals surface area contributed by atoms with Crippen molar-refractivity contribution in [1.29, 1.82) is 0 Å². The van der Waals surface area contributed by atoms with Gasteiger partial charge in [0.05, 0.1) is 20.4 Å². The van der Waals surface area contributed by atoms with Gasteiger partial charge in [0.2, 0.25) is 0 Å². The third-order valence-electron chi connectivity index (χ3n) is 3.83. The van der Waals surface area contributed by atoms with E-state index in [9.17, 15) is 0 Å². The van der Waals surface area contributed by atoms with Gasteiger partial charge in [0.25, 0.3) is 0 Å². The number of para-hydroxylation sites is 2. The molecule has 0 radical (unpaired) electrons. The maximum Gasteiger partial charge on any atom is 0.143 e. The van der Waals surface area contributed by atoms with Gasteiger partial charge >= 0.3 is 0 Å². The van der Waals surface area contributed by atoms with Crippen LogP contribution in [0.4, 0.5) is 0 Å². The van der Waals surface area contributed by atoms with Crippen LogP contribution in [-0.4, -0.2) is 15.0 Å². The lowest BCUT2D eigenvalue weighted by Crippen LogP contribution is -1.87. The summed E-state index contributed by atoms with van der Waals surface area (Å²) in [6, 6.07) is 20.4. The van der Waals surface area contributed by atoms with Crippen LogP contribution in [0.1, 0.15) is 0 Å². The van der Waals surface area contributed by atoms with Gasteiger partial charge in [-0.15, -0.1) is 22.7 Å². The number of pyridine rings is 1. The minimum Gasteiger partial charge on any atom is -0.253 e. The highest BCUT2D eigenvalue weighted by atomic mass is 32.1. The molecule has 114 valence electrons. The second kappa shape index (κ2) is 5.47. The summed E-state index contributed by atoms with van der Waals surface area (Å²) in [5.41, 5.74) is 3.98. The topological polar surface area (TPSA) is 38.7 Å². The molecule has 24 heavy (non-hydrogen) atoms. The summed E-state index contributed by atoms with van der Waals surface area (Å²) in [6.45, 7) is 0. The zero-order valence-electron chi connectivity index (χ0n) is 12.5. The van der Waals surface area contributed by atoms with Gasteiger partial charge in [0, 0.05) is 11.8 Å². The van der Waals surface area contributed by atoms with Crippen LogP contribution in [-0.2, 0) is 0 Å². The van der Waals surface area contributed by atoms with Crippen LogP contribution in [0.15, 0.2) is 66.9 Å². The van der Waals surface area contributed by atoms with Crippen molar-refractivity contribution in [3.63, 3.8) is 0 Å². The Balaban J connectivity index is 1.72. The Hall–Kier alpha value is -2.63. The number of benzene rings is 2. The molecule has 0 bridgehead atoms. The van der Waals surface area contributed by atoms with E-state index in [0.717, 1.165) is 32.3 Å². The van der Waals surface area contributed by atoms with Crippen molar-refractivity contribution in [2.45, 2.75) is 0 Å². The maximum absolute atomic E-state index is 4.78. The van der Waals surface area contributed by atoms with E-state index in [1.165, 1.54) is 9.40 Å². The molecule has 0 atom stereocenters. The molecular formula is C19H11N3S2. The molecule has 0 amide bonds. The summed E-state index contributed by atoms with van der Waals surface area (Å²) in [5, 5.41) is 1.92. The summed E-state index contributed by atoms with van der Waals surface area (Å²) < 4.78 is 2.36. The van der Waals surface area contributed by atoms with Gasteiger partial charge in [0.15, 0.2) is 0 Å². The van der Waals surface area contributed by atoms with Gasteiger partial charge in [-0.25, -0.2) is 9.97 Å². The van der Waals surface area contributed by atoms with E-state index in [0.29, 0.717) is 0 Å². The Morgan fingerprint density at radius 3 is 1.96 bits per heavy atom. The molecule has 0 spiro atoms. The summed E-state index contributed by atoms with van der Waals surface area (Å²) in [7, 11) is 0. The normalized spacial score (nSPS) is 11.3. The fraction of sp³-hybridized carbons (Fsp3) is 0. The average Bonchev–Trinajstić information content (AvgIpc) is 3.25. The summed E-state index contributed by atoms with van der Waals surface area (Å²) in [4.78, 5) is 14.1. The Morgan fingerprint density at radius 1 is 0.625 bits per heavy atom. The molecular weight excluding hydrogens is 334 g/mol. The molecule has 5 aromatic rings. The number of thiazole rings is 2. The lowest BCUT2D eigenvalue weighted by Gasteiger charge is -2.02. The van der Waals surface area contributed by atoms with E-state index in [2.05, 4.69) is 23.2 Å². The van der Waals surface area contributed by atoms with Crippen molar-refractivity contribution >= 4 is 43.1 Å². The zero-order chi connectivity index (χ0) is 15.9. The molecule has 2 aromatic carbocycles. The van der Waals surface area contributed by atoms with Crippen LogP contribution in [0.5, 0.6) is 0 Å². The van der Waals surface area contributed by atoms with Crippen molar-refractivity contribution in [3.05, 3.63) is 66.9 Å². The van der Waals surface area contributed by atoms with Crippen LogP contribution in [0, 0.1) is 0 Å². The van der Waals surface area contributed by atoms with Crippen molar-refractivity contribution in [1.82, 2.24) is 15.0 Å². The highest BCUT2D eigenvalue weighted by Crippen LogP contribution is 2.37. The van der Waals surface area contributed by atoms with Crippen LogP contribution >= 0.6 is 22.7 Å². The molecule has 3 heterocycles. The lowest BCUT2D eigenvalue weighted by atomic mass is 10.2. The fourth-order valence-corrected chi connectivity index (χ4v) is 4.68. The van der Waals surface area contributed by atoms with E-state index >= 15 is 0 Å². The Morgan fingerprint density at radius 2 is 1.25 bits per heavy atom. The number of aromatic nitrogens is 3. The number of nitrogens with zero attached hydrogens (tertiary/aromatic N) is 3. The Kier molecular flexibility index (Phi) is 3.14. The summed E-state index contributed by atoms with van der Waals surface area (Å²) in [6.07, 6.45) is 1.82. The molecule has 0 fully saturated rings. The predicted octanol–water partition coefficient (Wildman–Crippen LogP) is 5.64. The highest BCUT2D eigenvalue weighted by Gasteiger charge is 2.15. The molecule has 0 N–H and O–H groups in total. The second-order valence-electron chi connectivity index (χ2n) is 5.37. The summed E-state index contributed by atoms with van der Waals surface area (Å²) >= 11 is 3.36. The first kappa shape index (κ1) is 13.8. The van der Waals surface area contributed by atoms with E-state index in [1.807, 2.05) is 48.7 Å². The highest BCUT2D eigenvalue weighted by molar-refractivity contribution is 7.22. The summed E-state index contributed by atoms with van der Waals surface area (Å²) in [5.74, 6) is 0. The van der Waals surface area contributed by atoms with Crippen LogP contribution in [0.3, 0.4) is 0 Å². The van der Waals surface area contributed by atoms with E-state index in [-0.39, 0.29) is 0 Å². The quantitative estimate of drug-likeness (QED) is 0.416. The first-order valence-electron chi connectivity index (χ1n) is 7.55. The molecule has 0 aliphatic carbocycles. The molecule has 5 rings (SSSR count). The first-order valence-corrected chi connectivity index (χ1v) is 9.19. The maximum atomic E-state index is 4.78. The Bertz CT molecular complexity index is 1010. The first-order chi connectivity index (χ1) is 11.9. The van der Waals surface area contributed by atoms with Gasteiger partial charge < -0.3 is 0 Å². The molecule has 0 unspecified atom stereocenters. The molecule has 0 saturated heterocycles. The third-order valence-corrected chi connectivity index (χ3v) is 5.94. The zero-order valence-corrected chi connectivity index (χ0v) is 14.1. The molecule has 3 nitrogen and oxygen atoms in total. The largest absolute Gasteiger partial charge is 0.253 e. The predicted molar refractivity (Wildman–Crippen MR) is 101 cm³/mol. The molecule has 3 aromatic heterocycles. The SMILES string of the molecule is c1cnc(-c2nc3ccccc3s2)c(-c2nc3ccccc3s2)c1. The molecule has 0 aliphatic heterocycles. The standard InChI is InChI=1S/C19H11N3S2/c1-3-9-15-13(7-1)21-18(23-15)12-6-5-11-20-17(12)19-22-14-8-2-4-10-16(14)24-19/h1-11H. The van der Waals surface area contributed by atoms with Gasteiger partial charge in [-0.05, 0) is 36.4 Å². The minimum atomic E-state index is 0.901. The minimum absolute atomic E-state index is 0.901. The second-order valence-corrected chi connectivity index (χ2v) is 7.43. The van der Waals surface area contributed by atoms with E-state index < -0.39 is 0 Å². The van der Waals surface area contributed by atoms with E-state index in [1.54, 1.807) is 22.7 Å². The van der Waals surface area contributed by atoms with Crippen molar-refractivity contribution < 1.29 is 0 Å². The smallest absolute Gasteiger partial charge is 0.143 e. The van der Waals surface area contributed by atoms with Crippen LogP contribution in [0.2, 0.25) is 0 Å². The van der Waals surface area contributed by atoms with Crippen LogP contribution in [0.25, 0.3) is 41.7 Å². The molecule has 0 aliphatic rings. The van der Waals surface area contributed by atoms with E-state index in [4.69, 9.17) is 9.97 Å². The number of rotatable bonds is 2. The monoisotopic (exact) mass is 345 g/mol. The lowest BCUT2D eigenvalue weighted by molar-refractivity contribution is 1.30. The molecule has 0 saturated carbocycles. The van der Waals surface area contributed by atoms with Gasteiger partial charge in [-0.2, -0.15) is 0 Å². The third kappa shape index (κ3) is 2.21.